The molecule has 0 saturated carbocycles. The first-order chi connectivity index (χ1) is 23.7. The minimum atomic E-state index is -1.41. The number of ether oxygens (including phenoxy) is 4. The normalized spacial score (nSPS) is 10.7. The third-order valence-corrected chi connectivity index (χ3v) is 6.58. The molecule has 0 radical (unpaired) electrons. The van der Waals surface area contributed by atoms with Crippen LogP contribution in [0.1, 0.15) is 72.0 Å². The van der Waals surface area contributed by atoms with Crippen molar-refractivity contribution in [3.8, 4) is 0 Å². The second-order valence-corrected chi connectivity index (χ2v) is 11.0. The van der Waals surface area contributed by atoms with Gasteiger partial charge in [-0.05, 0) is 13.8 Å². The molecule has 0 amide bonds. The number of nitrogens with zero attached hydrogens (tertiary/aromatic N) is 6. The topological polar surface area (TPSA) is 230 Å². The molecule has 18 heteroatoms. The number of carbonyl (C=O) groups excluding carboxylic acids is 6. The summed E-state index contributed by atoms with van der Waals surface area (Å²) < 4.78 is 23.7. The fourth-order valence-corrected chi connectivity index (χ4v) is 3.27. The van der Waals surface area contributed by atoms with Gasteiger partial charge in [0.05, 0.1) is 0 Å². The molecule has 0 spiro atoms. The van der Waals surface area contributed by atoms with E-state index >= 15 is 0 Å². The molecule has 3 heterocycles. The fraction of sp³-hybridized carbons (Fsp3) is 0.500. The van der Waals surface area contributed by atoms with Crippen molar-refractivity contribution in [2.45, 2.75) is 67.2 Å². The molecule has 0 atom stereocenters. The van der Waals surface area contributed by atoms with Crippen molar-refractivity contribution in [1.29, 1.82) is 0 Å². The van der Waals surface area contributed by atoms with Crippen LogP contribution in [-0.4, -0.2) is 102 Å². The molecular weight excluding hydrogens is 660 g/mol. The molecule has 0 aliphatic heterocycles. The molecule has 3 rings (SSSR count). The van der Waals surface area contributed by atoms with E-state index in [1.54, 1.807) is 59.4 Å². The second kappa shape index (κ2) is 21.3. The van der Waals surface area contributed by atoms with E-state index in [9.17, 15) is 33.6 Å². The minimum absolute atomic E-state index is 0.159. The Morgan fingerprint density at radius 1 is 0.540 bits per heavy atom. The van der Waals surface area contributed by atoms with Gasteiger partial charge in [-0.25, -0.2) is 19.7 Å². The van der Waals surface area contributed by atoms with Crippen LogP contribution in [-0.2, 0) is 42.9 Å². The van der Waals surface area contributed by atoms with Crippen molar-refractivity contribution in [3.63, 3.8) is 0 Å². The van der Waals surface area contributed by atoms with Crippen molar-refractivity contribution < 1.29 is 57.6 Å². The summed E-state index contributed by atoms with van der Waals surface area (Å²) in [5.41, 5.74) is -2.56. The summed E-state index contributed by atoms with van der Waals surface area (Å²) in [7, 11) is 0. The lowest BCUT2D eigenvalue weighted by atomic mass is 9.91. The van der Waals surface area contributed by atoms with Crippen molar-refractivity contribution in [1.82, 2.24) is 28.7 Å². The number of hydrogen-bond acceptors (Lipinski definition) is 14. The molecule has 0 bridgehead atoms. The van der Waals surface area contributed by atoms with Crippen molar-refractivity contribution in [2.75, 3.05) is 26.4 Å². The zero-order valence-electron chi connectivity index (χ0n) is 29.0. The van der Waals surface area contributed by atoms with Gasteiger partial charge >= 0.3 is 35.9 Å². The molecule has 3 aromatic rings. The zero-order chi connectivity index (χ0) is 37.7. The quantitative estimate of drug-likeness (QED) is 0.188. The van der Waals surface area contributed by atoms with E-state index in [0.717, 1.165) is 0 Å². The van der Waals surface area contributed by atoms with Gasteiger partial charge in [-0.15, -0.1) is 0 Å². The number of imidazole rings is 3. The summed E-state index contributed by atoms with van der Waals surface area (Å²) in [6.45, 7) is 8.54. The van der Waals surface area contributed by atoms with Gasteiger partial charge in [0.1, 0.15) is 56.2 Å². The Morgan fingerprint density at radius 2 is 0.840 bits per heavy atom. The van der Waals surface area contributed by atoms with Crippen LogP contribution in [0.5, 0.6) is 0 Å². The van der Waals surface area contributed by atoms with Crippen molar-refractivity contribution >= 4 is 41.8 Å². The molecule has 1 N–H and O–H groups in total. The van der Waals surface area contributed by atoms with Crippen LogP contribution in [0, 0.1) is 10.8 Å². The van der Waals surface area contributed by atoms with E-state index in [2.05, 4.69) is 15.0 Å². The van der Waals surface area contributed by atoms with Gasteiger partial charge in [-0.1, -0.05) is 27.7 Å². The highest BCUT2D eigenvalue weighted by Gasteiger charge is 2.38. The Balaban J connectivity index is 0.000000388. The summed E-state index contributed by atoms with van der Waals surface area (Å²) in [5.74, 6) is -3.33. The SMILES string of the molecule is CCC(=O)OCC(C)(COC(=O)CC)C(=O)O.CCC(=O)OCC(C)(COC(=O)CC)C(=O)n1ccnc1.O=C(n1ccnc1)n1ccnc1. The van der Waals surface area contributed by atoms with Crippen LogP contribution in [0.15, 0.2) is 56.2 Å². The van der Waals surface area contributed by atoms with Gasteiger partial charge in [-0.2, -0.15) is 0 Å². The molecule has 50 heavy (non-hydrogen) atoms. The van der Waals surface area contributed by atoms with E-state index in [0.29, 0.717) is 0 Å². The number of carboxylic acids is 1. The first-order valence-corrected chi connectivity index (χ1v) is 15.5. The van der Waals surface area contributed by atoms with E-state index in [1.165, 1.54) is 52.0 Å². The summed E-state index contributed by atoms with van der Waals surface area (Å²) >= 11 is 0. The maximum atomic E-state index is 12.5. The van der Waals surface area contributed by atoms with Gasteiger partial charge in [0.15, 0.2) is 0 Å². The molecule has 0 fully saturated rings. The molecule has 3 aromatic heterocycles. The first-order valence-electron chi connectivity index (χ1n) is 15.5. The summed E-state index contributed by atoms with van der Waals surface area (Å²) in [4.78, 5) is 90.8. The third kappa shape index (κ3) is 14.2. The maximum absolute atomic E-state index is 12.5. The number of carboxylic acid groups (broad SMARTS) is 1. The fourth-order valence-electron chi connectivity index (χ4n) is 3.27. The summed E-state index contributed by atoms with van der Waals surface area (Å²) in [5, 5.41) is 9.02. The van der Waals surface area contributed by atoms with Crippen LogP contribution in [0.2, 0.25) is 0 Å². The Kier molecular flexibility index (Phi) is 18.1. The predicted octanol–water partition coefficient (Wildman–Crippen LogP) is 3.02. The molecular formula is C32H44N6O12. The standard InChI is InChI=1S/C14H20N2O5.C11H18O6.C7H6N4O/c1-4-11(17)20-8-14(3,9-21-12(18)5-2)13(19)16-7-6-15-10-16;1-4-8(12)16-6-11(3,10(14)15)7-17-9(13)5-2;12-7(10-3-1-8-5-10)11-4-2-9-6-11/h6-7,10H,4-5,8-9H2,1-3H3;4-7H2,1-3H3,(H,14,15);1-6H. The molecule has 0 aromatic carbocycles. The highest BCUT2D eigenvalue weighted by Crippen LogP contribution is 2.22. The molecule has 0 saturated heterocycles. The number of rotatable bonds is 14. The Morgan fingerprint density at radius 3 is 1.10 bits per heavy atom. The molecule has 0 aliphatic carbocycles. The van der Waals surface area contributed by atoms with E-state index in [-0.39, 0.29) is 64.0 Å². The number of carbonyl (C=O) groups is 7. The van der Waals surface area contributed by atoms with Crippen LogP contribution in [0.25, 0.3) is 0 Å². The Hall–Kier alpha value is -5.68. The average Bonchev–Trinajstić information content (AvgIpc) is 3.95. The molecule has 18 nitrogen and oxygen atoms in total. The number of hydrogen-bond donors (Lipinski definition) is 1. The Bertz CT molecular complexity index is 1440. The molecule has 0 aliphatic rings. The highest BCUT2D eigenvalue weighted by atomic mass is 16.6. The monoisotopic (exact) mass is 704 g/mol. The third-order valence-electron chi connectivity index (χ3n) is 6.58. The maximum Gasteiger partial charge on any atom is 0.338 e. The second-order valence-electron chi connectivity index (χ2n) is 11.0. The molecule has 0 unspecified atom stereocenters. The number of aromatic nitrogens is 6. The van der Waals surface area contributed by atoms with Crippen LogP contribution in [0.4, 0.5) is 4.79 Å². The predicted molar refractivity (Wildman–Crippen MR) is 172 cm³/mol. The lowest BCUT2D eigenvalue weighted by Gasteiger charge is -2.26. The zero-order valence-corrected chi connectivity index (χ0v) is 29.0. The van der Waals surface area contributed by atoms with E-state index < -0.39 is 40.7 Å². The summed E-state index contributed by atoms with van der Waals surface area (Å²) in [6.07, 6.45) is 14.2. The number of aliphatic carboxylic acids is 1. The van der Waals surface area contributed by atoms with Gasteiger partial charge < -0.3 is 24.1 Å². The van der Waals surface area contributed by atoms with Crippen LogP contribution >= 0.6 is 0 Å². The average molecular weight is 705 g/mol. The smallest absolute Gasteiger partial charge is 0.338 e. The van der Waals surface area contributed by atoms with Crippen LogP contribution in [0.3, 0.4) is 0 Å². The lowest BCUT2D eigenvalue weighted by Crippen LogP contribution is -2.41. The van der Waals surface area contributed by atoms with Crippen LogP contribution < -0.4 is 0 Å². The van der Waals surface area contributed by atoms with E-state index in [4.69, 9.17) is 24.1 Å². The van der Waals surface area contributed by atoms with Gasteiger partial charge in [0.2, 0.25) is 5.91 Å². The minimum Gasteiger partial charge on any atom is -0.481 e. The van der Waals surface area contributed by atoms with Crippen molar-refractivity contribution in [2.24, 2.45) is 10.8 Å². The van der Waals surface area contributed by atoms with Crippen molar-refractivity contribution in [3.05, 3.63) is 56.2 Å². The van der Waals surface area contributed by atoms with Gasteiger partial charge in [0, 0.05) is 62.9 Å². The van der Waals surface area contributed by atoms with Gasteiger partial charge in [-0.3, -0.25) is 42.5 Å². The highest BCUT2D eigenvalue weighted by molar-refractivity contribution is 5.85. The first kappa shape index (κ1) is 42.3. The number of esters is 4. The molecule has 274 valence electrons. The lowest BCUT2D eigenvalue weighted by molar-refractivity contribution is -0.165. The van der Waals surface area contributed by atoms with E-state index in [1.807, 2.05) is 0 Å². The van der Waals surface area contributed by atoms with Gasteiger partial charge in [0.25, 0.3) is 0 Å². The largest absolute Gasteiger partial charge is 0.481 e. The summed E-state index contributed by atoms with van der Waals surface area (Å²) in [6, 6.07) is -0.190. The Labute approximate surface area is 288 Å².